The molecule has 0 saturated heterocycles. The van der Waals surface area contributed by atoms with Gasteiger partial charge in [-0.1, -0.05) is 13.8 Å². The molecule has 0 atom stereocenters. The van der Waals surface area contributed by atoms with Crippen molar-refractivity contribution in [3.05, 3.63) is 23.8 Å². The van der Waals surface area contributed by atoms with Crippen LogP contribution in [0.4, 0.5) is 5.69 Å². The van der Waals surface area contributed by atoms with Gasteiger partial charge in [0.1, 0.15) is 5.75 Å². The van der Waals surface area contributed by atoms with Crippen molar-refractivity contribution in [3.63, 3.8) is 0 Å². The van der Waals surface area contributed by atoms with Gasteiger partial charge in [-0.05, 0) is 37.3 Å². The third-order valence-electron chi connectivity index (χ3n) is 3.80. The number of nitrogens with two attached hydrogens (primary N) is 1. The minimum Gasteiger partial charge on any atom is -0.497 e. The Morgan fingerprint density at radius 3 is 2.55 bits per heavy atom. The van der Waals surface area contributed by atoms with E-state index in [0.29, 0.717) is 23.5 Å². The summed E-state index contributed by atoms with van der Waals surface area (Å²) in [5.74, 6) is 0.480. The highest BCUT2D eigenvalue weighted by atomic mass is 32.2. The van der Waals surface area contributed by atoms with Crippen LogP contribution in [0.25, 0.3) is 0 Å². The number of thioether (sulfide) groups is 1. The first-order valence-corrected chi connectivity index (χ1v) is 8.01. The molecule has 0 unspecified atom stereocenters. The second kappa shape index (κ2) is 7.43. The maximum absolute atomic E-state index is 12.3. The molecular weight excluding hydrogens is 272 g/mol. The molecule has 1 amide bonds. The summed E-state index contributed by atoms with van der Waals surface area (Å²) in [6.45, 7) is 4.93. The van der Waals surface area contributed by atoms with Gasteiger partial charge in [-0.25, -0.2) is 0 Å². The standard InChI is InChI=1S/C15H24N2O2S/c1-5-15(6-2,20-4)10-17-14(18)12-9-11(19-3)7-8-13(12)16/h7-9H,5-6,10,16H2,1-4H3,(H,17,18). The molecule has 0 fully saturated rings. The van der Waals surface area contributed by atoms with Gasteiger partial charge in [0.05, 0.1) is 12.7 Å². The van der Waals surface area contributed by atoms with Crippen LogP contribution in [0.3, 0.4) is 0 Å². The summed E-state index contributed by atoms with van der Waals surface area (Å²) in [6.07, 6.45) is 4.11. The molecule has 0 aliphatic rings. The number of benzene rings is 1. The summed E-state index contributed by atoms with van der Waals surface area (Å²) in [5.41, 5.74) is 6.79. The SMILES string of the molecule is CCC(CC)(CNC(=O)c1cc(OC)ccc1N)SC. The van der Waals surface area contributed by atoms with Gasteiger partial charge >= 0.3 is 0 Å². The zero-order valence-electron chi connectivity index (χ0n) is 12.7. The molecule has 0 aromatic heterocycles. The third-order valence-corrected chi connectivity index (χ3v) is 5.39. The summed E-state index contributed by atoms with van der Waals surface area (Å²) in [4.78, 5) is 12.3. The maximum atomic E-state index is 12.3. The normalized spacial score (nSPS) is 11.2. The number of rotatable bonds is 7. The number of methoxy groups -OCH3 is 1. The minimum atomic E-state index is -0.151. The number of ether oxygens (including phenoxy) is 1. The lowest BCUT2D eigenvalue weighted by molar-refractivity contribution is 0.0949. The lowest BCUT2D eigenvalue weighted by Gasteiger charge is -2.29. The average Bonchev–Trinajstić information content (AvgIpc) is 2.49. The van der Waals surface area contributed by atoms with Crippen LogP contribution >= 0.6 is 11.8 Å². The van der Waals surface area contributed by atoms with E-state index in [1.54, 1.807) is 37.1 Å². The second-order valence-corrected chi connectivity index (χ2v) is 6.00. The van der Waals surface area contributed by atoms with E-state index in [2.05, 4.69) is 25.4 Å². The van der Waals surface area contributed by atoms with E-state index in [4.69, 9.17) is 10.5 Å². The lowest BCUT2D eigenvalue weighted by Crippen LogP contribution is -2.39. The maximum Gasteiger partial charge on any atom is 0.253 e. The summed E-state index contributed by atoms with van der Waals surface area (Å²) >= 11 is 1.80. The molecule has 3 N–H and O–H groups in total. The van der Waals surface area contributed by atoms with Crippen molar-refractivity contribution < 1.29 is 9.53 Å². The van der Waals surface area contributed by atoms with Crippen molar-refractivity contribution in [1.82, 2.24) is 5.32 Å². The quantitative estimate of drug-likeness (QED) is 0.759. The van der Waals surface area contributed by atoms with Crippen LogP contribution in [-0.4, -0.2) is 30.6 Å². The van der Waals surface area contributed by atoms with Crippen LogP contribution in [-0.2, 0) is 0 Å². The predicted octanol–water partition coefficient (Wildman–Crippen LogP) is 2.93. The van der Waals surface area contributed by atoms with Crippen LogP contribution < -0.4 is 15.8 Å². The van der Waals surface area contributed by atoms with E-state index in [1.807, 2.05) is 0 Å². The van der Waals surface area contributed by atoms with E-state index < -0.39 is 0 Å². The van der Waals surface area contributed by atoms with Crippen LogP contribution in [0.2, 0.25) is 0 Å². The molecule has 0 aliphatic carbocycles. The van der Waals surface area contributed by atoms with E-state index >= 15 is 0 Å². The van der Waals surface area contributed by atoms with Crippen molar-refractivity contribution in [2.45, 2.75) is 31.4 Å². The van der Waals surface area contributed by atoms with Crippen molar-refractivity contribution in [3.8, 4) is 5.75 Å². The summed E-state index contributed by atoms with van der Waals surface area (Å²) in [7, 11) is 1.57. The largest absolute Gasteiger partial charge is 0.497 e. The molecule has 112 valence electrons. The van der Waals surface area contributed by atoms with E-state index in [9.17, 15) is 4.79 Å². The van der Waals surface area contributed by atoms with Gasteiger partial charge in [-0.2, -0.15) is 11.8 Å². The minimum absolute atomic E-state index is 0.0866. The molecule has 0 aliphatic heterocycles. The van der Waals surface area contributed by atoms with Crippen LogP contribution in [0, 0.1) is 0 Å². The molecule has 0 bridgehead atoms. The van der Waals surface area contributed by atoms with Crippen LogP contribution in [0.15, 0.2) is 18.2 Å². The van der Waals surface area contributed by atoms with Gasteiger partial charge in [0.25, 0.3) is 5.91 Å². The summed E-state index contributed by atoms with van der Waals surface area (Å²) in [6, 6.07) is 5.11. The fraction of sp³-hybridized carbons (Fsp3) is 0.533. The number of hydrogen-bond donors (Lipinski definition) is 2. The van der Waals surface area contributed by atoms with Gasteiger partial charge in [0.2, 0.25) is 0 Å². The first kappa shape index (κ1) is 16.7. The average molecular weight is 296 g/mol. The number of nitrogen functional groups attached to an aromatic ring is 1. The van der Waals surface area contributed by atoms with E-state index in [1.165, 1.54) is 0 Å². The molecule has 20 heavy (non-hydrogen) atoms. The third kappa shape index (κ3) is 3.82. The number of nitrogens with one attached hydrogen (secondary N) is 1. The van der Waals surface area contributed by atoms with E-state index in [-0.39, 0.29) is 10.7 Å². The molecule has 0 heterocycles. The number of amides is 1. The zero-order valence-corrected chi connectivity index (χ0v) is 13.5. The van der Waals surface area contributed by atoms with Crippen molar-refractivity contribution in [2.24, 2.45) is 0 Å². The van der Waals surface area contributed by atoms with Crippen molar-refractivity contribution in [2.75, 3.05) is 25.6 Å². The Balaban J connectivity index is 2.81. The number of carbonyl (C=O) groups is 1. The first-order valence-electron chi connectivity index (χ1n) is 6.78. The van der Waals surface area contributed by atoms with Crippen molar-refractivity contribution in [1.29, 1.82) is 0 Å². The summed E-state index contributed by atoms with van der Waals surface area (Å²) in [5, 5.41) is 2.99. The smallest absolute Gasteiger partial charge is 0.253 e. The Morgan fingerprint density at radius 1 is 1.40 bits per heavy atom. The Kier molecular flexibility index (Phi) is 6.20. The fourth-order valence-corrected chi connectivity index (χ4v) is 2.85. The lowest BCUT2D eigenvalue weighted by atomic mass is 10.0. The van der Waals surface area contributed by atoms with Crippen LogP contribution in [0.5, 0.6) is 5.75 Å². The first-order chi connectivity index (χ1) is 9.51. The molecule has 0 spiro atoms. The monoisotopic (exact) mass is 296 g/mol. The molecule has 4 nitrogen and oxygen atoms in total. The van der Waals surface area contributed by atoms with Gasteiger partial charge < -0.3 is 15.8 Å². The molecule has 5 heteroatoms. The number of hydrogen-bond acceptors (Lipinski definition) is 4. The number of anilines is 1. The highest BCUT2D eigenvalue weighted by molar-refractivity contribution is 8.00. The Bertz CT molecular complexity index is 451. The van der Waals surface area contributed by atoms with Gasteiger partial charge in [0.15, 0.2) is 0 Å². The van der Waals surface area contributed by atoms with E-state index in [0.717, 1.165) is 12.8 Å². The second-order valence-electron chi connectivity index (χ2n) is 4.73. The molecule has 0 radical (unpaired) electrons. The van der Waals surface area contributed by atoms with Gasteiger partial charge in [0, 0.05) is 17.0 Å². The Hall–Kier alpha value is -1.36. The number of carbonyl (C=O) groups excluding carboxylic acids is 1. The molecule has 1 rings (SSSR count). The highest BCUT2D eigenvalue weighted by Gasteiger charge is 2.26. The topological polar surface area (TPSA) is 64.3 Å². The fourth-order valence-electron chi connectivity index (χ4n) is 2.06. The molecular formula is C15H24N2O2S. The zero-order chi connectivity index (χ0) is 15.2. The van der Waals surface area contributed by atoms with Crippen molar-refractivity contribution >= 4 is 23.4 Å². The highest BCUT2D eigenvalue weighted by Crippen LogP contribution is 2.29. The molecule has 1 aromatic carbocycles. The van der Waals surface area contributed by atoms with Gasteiger partial charge in [-0.3, -0.25) is 4.79 Å². The van der Waals surface area contributed by atoms with Gasteiger partial charge in [-0.15, -0.1) is 0 Å². The molecule has 1 aromatic rings. The molecule has 0 saturated carbocycles. The van der Waals surface area contributed by atoms with Crippen LogP contribution in [0.1, 0.15) is 37.0 Å². The summed E-state index contributed by atoms with van der Waals surface area (Å²) < 4.78 is 5.22. The Morgan fingerprint density at radius 2 is 2.05 bits per heavy atom. The predicted molar refractivity (Wildman–Crippen MR) is 86.6 cm³/mol. The Labute approximate surface area is 125 Å².